The zero-order valence-corrected chi connectivity index (χ0v) is 18.8. The fourth-order valence-electron chi connectivity index (χ4n) is 3.91. The number of hydrogen-bond acceptors (Lipinski definition) is 5. The Balaban J connectivity index is 1.72. The summed E-state index contributed by atoms with van der Waals surface area (Å²) >= 11 is 1.66. The van der Waals surface area contributed by atoms with Gasteiger partial charge in [-0.1, -0.05) is 37.3 Å². The van der Waals surface area contributed by atoms with Gasteiger partial charge in [0.1, 0.15) is 10.8 Å². The molecule has 3 aromatic rings. The number of morpholine rings is 1. The molecule has 1 aliphatic heterocycles. The Bertz CT molecular complexity index is 995. The largest absolute Gasteiger partial charge is 0.497 e. The van der Waals surface area contributed by atoms with Crippen molar-refractivity contribution in [3.63, 3.8) is 0 Å². The predicted molar refractivity (Wildman–Crippen MR) is 125 cm³/mol. The smallest absolute Gasteiger partial charge is 0.256 e. The Morgan fingerprint density at radius 1 is 1.13 bits per heavy atom. The molecule has 2 heterocycles. The Morgan fingerprint density at radius 3 is 2.48 bits per heavy atom. The number of thiophene rings is 1. The third kappa shape index (κ3) is 4.98. The number of nitrogens with zero attached hydrogens (tertiary/aromatic N) is 1. The van der Waals surface area contributed by atoms with Crippen LogP contribution in [0.4, 0.5) is 5.00 Å². The van der Waals surface area contributed by atoms with Crippen LogP contribution in [0.2, 0.25) is 0 Å². The zero-order chi connectivity index (χ0) is 21.6. The number of amides is 1. The van der Waals surface area contributed by atoms with Gasteiger partial charge in [0, 0.05) is 29.1 Å². The minimum atomic E-state index is -0.0817. The maximum absolute atomic E-state index is 12.9. The van der Waals surface area contributed by atoms with Gasteiger partial charge in [-0.3, -0.25) is 9.69 Å². The molecule has 1 fully saturated rings. The first-order valence-electron chi connectivity index (χ1n) is 10.6. The van der Waals surface area contributed by atoms with Crippen LogP contribution in [0, 0.1) is 0 Å². The molecular formula is C25H28N2O3S. The molecule has 2 aromatic carbocycles. The standard InChI is InChI=1S/C25H28N2O3S/c1-3-21-17-22(25(31-21)26-24(28)19-7-5-4-6-8-19)23(27-13-15-30-16-14-27)18-9-11-20(29-2)12-10-18/h4-12,17,23H,3,13-16H2,1-2H3,(H,26,28)/t23-/m1/s1. The third-order valence-corrected chi connectivity index (χ3v) is 6.77. The number of nitrogens with one attached hydrogen (secondary N) is 1. The van der Waals surface area contributed by atoms with E-state index in [-0.39, 0.29) is 11.9 Å². The second kappa shape index (κ2) is 10.1. The maximum Gasteiger partial charge on any atom is 0.256 e. The molecule has 1 amide bonds. The number of hydrogen-bond donors (Lipinski definition) is 1. The van der Waals surface area contributed by atoms with Gasteiger partial charge in [-0.15, -0.1) is 11.3 Å². The molecular weight excluding hydrogens is 408 g/mol. The van der Waals surface area contributed by atoms with E-state index in [1.54, 1.807) is 18.4 Å². The molecule has 5 nitrogen and oxygen atoms in total. The highest BCUT2D eigenvalue weighted by molar-refractivity contribution is 7.16. The maximum atomic E-state index is 12.9. The molecule has 0 saturated carbocycles. The molecule has 0 bridgehead atoms. The summed E-state index contributed by atoms with van der Waals surface area (Å²) < 4.78 is 11.0. The summed E-state index contributed by atoms with van der Waals surface area (Å²) in [5.41, 5.74) is 2.98. The van der Waals surface area contributed by atoms with E-state index in [4.69, 9.17) is 9.47 Å². The van der Waals surface area contributed by atoms with E-state index in [0.717, 1.165) is 35.8 Å². The minimum Gasteiger partial charge on any atom is -0.497 e. The quantitative estimate of drug-likeness (QED) is 0.567. The van der Waals surface area contributed by atoms with Gasteiger partial charge in [-0.25, -0.2) is 0 Å². The molecule has 0 aliphatic carbocycles. The van der Waals surface area contributed by atoms with Crippen molar-refractivity contribution in [1.29, 1.82) is 0 Å². The van der Waals surface area contributed by atoms with Gasteiger partial charge in [0.2, 0.25) is 0 Å². The summed E-state index contributed by atoms with van der Waals surface area (Å²) in [6.07, 6.45) is 0.928. The molecule has 6 heteroatoms. The number of methoxy groups -OCH3 is 1. The van der Waals surface area contributed by atoms with Crippen molar-refractivity contribution >= 4 is 22.2 Å². The fourth-order valence-corrected chi connectivity index (χ4v) is 4.93. The van der Waals surface area contributed by atoms with E-state index in [0.29, 0.717) is 18.8 Å². The topological polar surface area (TPSA) is 50.8 Å². The number of anilines is 1. The molecule has 1 N–H and O–H groups in total. The lowest BCUT2D eigenvalue weighted by Crippen LogP contribution is -2.39. The second-order valence-corrected chi connectivity index (χ2v) is 8.63. The Kier molecular flexibility index (Phi) is 7.02. The lowest BCUT2D eigenvalue weighted by atomic mass is 9.97. The number of ether oxygens (including phenoxy) is 2. The van der Waals surface area contributed by atoms with E-state index in [1.165, 1.54) is 10.4 Å². The minimum absolute atomic E-state index is 0.0393. The lowest BCUT2D eigenvalue weighted by Gasteiger charge is -2.35. The number of rotatable bonds is 7. The molecule has 0 radical (unpaired) electrons. The van der Waals surface area contributed by atoms with Crippen molar-refractivity contribution in [2.24, 2.45) is 0 Å². The third-order valence-electron chi connectivity index (χ3n) is 5.56. The molecule has 1 aliphatic rings. The van der Waals surface area contributed by atoms with Gasteiger partial charge >= 0.3 is 0 Å². The van der Waals surface area contributed by atoms with Crippen molar-refractivity contribution < 1.29 is 14.3 Å². The van der Waals surface area contributed by atoms with Crippen LogP contribution in [0.5, 0.6) is 5.75 Å². The molecule has 162 valence electrons. The SMILES string of the molecule is CCc1cc([C@@H](c2ccc(OC)cc2)N2CCOCC2)c(NC(=O)c2ccccc2)s1. The van der Waals surface area contributed by atoms with Crippen LogP contribution in [0.3, 0.4) is 0 Å². The Morgan fingerprint density at radius 2 is 1.84 bits per heavy atom. The highest BCUT2D eigenvalue weighted by atomic mass is 32.1. The number of carbonyl (C=O) groups excluding carboxylic acids is 1. The van der Waals surface area contributed by atoms with E-state index in [9.17, 15) is 4.79 Å². The molecule has 0 spiro atoms. The van der Waals surface area contributed by atoms with Crippen LogP contribution in [0.1, 0.15) is 39.3 Å². The van der Waals surface area contributed by atoms with E-state index < -0.39 is 0 Å². The number of carbonyl (C=O) groups is 1. The van der Waals surface area contributed by atoms with Gasteiger partial charge in [-0.05, 0) is 42.3 Å². The first kappa shape index (κ1) is 21.6. The number of benzene rings is 2. The lowest BCUT2D eigenvalue weighted by molar-refractivity contribution is 0.0241. The van der Waals surface area contributed by atoms with Gasteiger partial charge in [-0.2, -0.15) is 0 Å². The van der Waals surface area contributed by atoms with Gasteiger partial charge in [0.05, 0.1) is 26.4 Å². The van der Waals surface area contributed by atoms with Crippen LogP contribution in [0.25, 0.3) is 0 Å². The van der Waals surface area contributed by atoms with Crippen molar-refractivity contribution in [2.75, 3.05) is 38.7 Å². The molecule has 1 aromatic heterocycles. The fraction of sp³-hybridized carbons (Fsp3) is 0.320. The van der Waals surface area contributed by atoms with Gasteiger partial charge in [0.25, 0.3) is 5.91 Å². The van der Waals surface area contributed by atoms with Crippen molar-refractivity contribution in [3.8, 4) is 5.75 Å². The van der Waals surface area contributed by atoms with Crippen LogP contribution in [-0.4, -0.2) is 44.2 Å². The molecule has 31 heavy (non-hydrogen) atoms. The average Bonchev–Trinajstić information content (AvgIpc) is 3.23. The first-order chi connectivity index (χ1) is 15.2. The Labute approximate surface area is 187 Å². The van der Waals surface area contributed by atoms with Gasteiger partial charge < -0.3 is 14.8 Å². The summed E-state index contributed by atoms with van der Waals surface area (Å²) in [5.74, 6) is 0.753. The summed E-state index contributed by atoms with van der Waals surface area (Å²) in [7, 11) is 1.68. The summed E-state index contributed by atoms with van der Waals surface area (Å²) in [5, 5.41) is 4.11. The van der Waals surface area contributed by atoms with Crippen molar-refractivity contribution in [3.05, 3.63) is 82.2 Å². The van der Waals surface area contributed by atoms with E-state index in [1.807, 2.05) is 42.5 Å². The van der Waals surface area contributed by atoms with Crippen LogP contribution in [-0.2, 0) is 11.2 Å². The summed E-state index contributed by atoms with van der Waals surface area (Å²) in [4.78, 5) is 16.6. The summed E-state index contributed by atoms with van der Waals surface area (Å²) in [6.45, 7) is 5.27. The summed E-state index contributed by atoms with van der Waals surface area (Å²) in [6, 6.07) is 19.9. The first-order valence-corrected chi connectivity index (χ1v) is 11.5. The highest BCUT2D eigenvalue weighted by Crippen LogP contribution is 2.40. The molecule has 1 saturated heterocycles. The average molecular weight is 437 g/mol. The van der Waals surface area contributed by atoms with Crippen molar-refractivity contribution in [1.82, 2.24) is 4.90 Å². The van der Waals surface area contributed by atoms with Crippen LogP contribution in [0.15, 0.2) is 60.7 Å². The van der Waals surface area contributed by atoms with Crippen LogP contribution < -0.4 is 10.1 Å². The highest BCUT2D eigenvalue weighted by Gasteiger charge is 2.28. The van der Waals surface area contributed by atoms with E-state index in [2.05, 4.69) is 35.3 Å². The monoisotopic (exact) mass is 436 g/mol. The molecule has 1 atom stereocenters. The number of aryl methyl sites for hydroxylation is 1. The normalized spacial score (nSPS) is 15.4. The molecule has 0 unspecified atom stereocenters. The van der Waals surface area contributed by atoms with E-state index >= 15 is 0 Å². The Hall–Kier alpha value is -2.67. The second-order valence-electron chi connectivity index (χ2n) is 7.49. The van der Waals surface area contributed by atoms with Gasteiger partial charge in [0.15, 0.2) is 0 Å². The van der Waals surface area contributed by atoms with Crippen molar-refractivity contribution in [2.45, 2.75) is 19.4 Å². The predicted octanol–water partition coefficient (Wildman–Crippen LogP) is 4.99. The zero-order valence-electron chi connectivity index (χ0n) is 18.0. The molecule has 4 rings (SSSR count). The van der Waals surface area contributed by atoms with Crippen LogP contribution >= 0.6 is 11.3 Å².